The van der Waals surface area contributed by atoms with Crippen molar-refractivity contribution in [3.63, 3.8) is 0 Å². The molecule has 0 aliphatic heterocycles. The van der Waals surface area contributed by atoms with Crippen LogP contribution in [0, 0.1) is 0 Å². The van der Waals surface area contributed by atoms with Gasteiger partial charge < -0.3 is 10.7 Å². The molecule has 32 valence electrons. The summed E-state index contributed by atoms with van der Waals surface area (Å²) < 4.78 is 0. The van der Waals surface area contributed by atoms with Crippen LogP contribution in [0.5, 0.6) is 0 Å². The summed E-state index contributed by atoms with van der Waals surface area (Å²) in [5.41, 5.74) is 4.69. The lowest BCUT2D eigenvalue weighted by Crippen LogP contribution is -2.39. The molecule has 6 heavy (non-hydrogen) atoms. The van der Waals surface area contributed by atoms with Crippen molar-refractivity contribution >= 4 is 5.69 Å². The van der Waals surface area contributed by atoms with Gasteiger partial charge in [0.15, 0.2) is 0 Å². The quantitative estimate of drug-likeness (QED) is 0.439. The minimum absolute atomic E-state index is 1.04. The Labute approximate surface area is 36.0 Å². The van der Waals surface area contributed by atoms with Crippen molar-refractivity contribution in [3.8, 4) is 0 Å². The summed E-state index contributed by atoms with van der Waals surface area (Å²) in [7, 11) is 0. The Morgan fingerprint density at radius 3 is 2.67 bits per heavy atom. The van der Waals surface area contributed by atoms with Crippen molar-refractivity contribution in [1.29, 1.82) is 0 Å². The number of rotatable bonds is 0. The van der Waals surface area contributed by atoms with E-state index in [2.05, 4.69) is 10.7 Å². The van der Waals surface area contributed by atoms with E-state index >= 15 is 0 Å². The van der Waals surface area contributed by atoms with Gasteiger partial charge in [-0.1, -0.05) is 0 Å². The van der Waals surface area contributed by atoms with Crippen molar-refractivity contribution in [3.05, 3.63) is 18.5 Å². The third kappa shape index (κ3) is 0.418. The van der Waals surface area contributed by atoms with Crippen LogP contribution in [0.1, 0.15) is 0 Å². The van der Waals surface area contributed by atoms with E-state index in [0.717, 1.165) is 5.69 Å². The second-order valence-electron chi connectivity index (χ2n) is 1.22. The summed E-state index contributed by atoms with van der Waals surface area (Å²) in [5.74, 6) is 0. The smallest absolute Gasteiger partial charge is 0.145 e. The number of quaternary nitrogens is 1. The molecule has 0 aromatic carbocycles. The maximum atomic E-state index is 3.65. The lowest BCUT2D eigenvalue weighted by atomic mass is 10.6. The molecule has 0 saturated carbocycles. The van der Waals surface area contributed by atoms with E-state index in [1.807, 2.05) is 18.5 Å². The van der Waals surface area contributed by atoms with Gasteiger partial charge in [0.25, 0.3) is 0 Å². The van der Waals surface area contributed by atoms with E-state index in [0.29, 0.717) is 0 Å². The Bertz CT molecular complexity index is 109. The third-order valence-corrected chi connectivity index (χ3v) is 0.662. The Morgan fingerprint density at radius 1 is 1.67 bits per heavy atom. The molecule has 2 heteroatoms. The van der Waals surface area contributed by atoms with Crippen LogP contribution < -0.4 is 5.73 Å². The molecule has 0 unspecified atom stereocenters. The van der Waals surface area contributed by atoms with Gasteiger partial charge in [0, 0.05) is 12.3 Å². The maximum Gasteiger partial charge on any atom is 0.145 e. The highest BCUT2D eigenvalue weighted by Gasteiger charge is 1.78. The predicted molar refractivity (Wildman–Crippen MR) is 23.3 cm³/mol. The number of H-pyrrole nitrogens is 1. The van der Waals surface area contributed by atoms with E-state index in [1.165, 1.54) is 0 Å². The van der Waals surface area contributed by atoms with Gasteiger partial charge in [-0.15, -0.1) is 0 Å². The number of nitrogens with one attached hydrogen (secondary N) is 1. The van der Waals surface area contributed by atoms with Crippen molar-refractivity contribution in [2.45, 2.75) is 0 Å². The zero-order chi connectivity index (χ0) is 4.41. The van der Waals surface area contributed by atoms with Crippen LogP contribution in [-0.2, 0) is 0 Å². The Kier molecular flexibility index (Phi) is 0.654. The van der Waals surface area contributed by atoms with Crippen LogP contribution in [0.3, 0.4) is 0 Å². The first-order valence-electron chi connectivity index (χ1n) is 1.84. The van der Waals surface area contributed by atoms with Gasteiger partial charge in [-0.3, -0.25) is 0 Å². The number of hydrogen-bond donors (Lipinski definition) is 2. The number of hydrogen-bond acceptors (Lipinski definition) is 0. The normalized spacial score (nSPS) is 8.83. The van der Waals surface area contributed by atoms with Crippen LogP contribution in [-0.4, -0.2) is 4.98 Å². The summed E-state index contributed by atoms with van der Waals surface area (Å²) >= 11 is 0. The average molecular weight is 83.1 g/mol. The van der Waals surface area contributed by atoms with Gasteiger partial charge in [-0.2, -0.15) is 0 Å². The molecule has 0 radical (unpaired) electrons. The number of aromatic amines is 1. The fourth-order valence-electron chi connectivity index (χ4n) is 0.358. The van der Waals surface area contributed by atoms with Crippen molar-refractivity contribution in [1.82, 2.24) is 4.98 Å². The number of aromatic nitrogens is 1. The van der Waals surface area contributed by atoms with Crippen molar-refractivity contribution in [2.75, 3.05) is 0 Å². The molecule has 0 fully saturated rings. The molecule has 1 rings (SSSR count). The van der Waals surface area contributed by atoms with Gasteiger partial charge in [0.2, 0.25) is 0 Å². The molecule has 2 nitrogen and oxygen atoms in total. The SMILES string of the molecule is [NH3+]c1cc[nH]c1. The summed E-state index contributed by atoms with van der Waals surface area (Å²) in [6, 6.07) is 1.92. The predicted octanol–water partition coefficient (Wildman–Crippen LogP) is -0.112. The highest BCUT2D eigenvalue weighted by atomic mass is 14.7. The molecule has 4 N–H and O–H groups in total. The second-order valence-corrected chi connectivity index (χ2v) is 1.22. The van der Waals surface area contributed by atoms with Crippen LogP contribution in [0.25, 0.3) is 0 Å². The van der Waals surface area contributed by atoms with Crippen molar-refractivity contribution < 1.29 is 5.73 Å². The minimum atomic E-state index is 1.04. The molecular weight excluding hydrogens is 76.1 g/mol. The third-order valence-electron chi connectivity index (χ3n) is 0.662. The van der Waals surface area contributed by atoms with Crippen LogP contribution in [0.4, 0.5) is 5.69 Å². The molecule has 0 aliphatic rings. The average Bonchev–Trinajstić information content (AvgIpc) is 1.86. The Balaban J connectivity index is 3.05. The molecule has 0 saturated heterocycles. The van der Waals surface area contributed by atoms with E-state index in [-0.39, 0.29) is 0 Å². The van der Waals surface area contributed by atoms with Crippen molar-refractivity contribution in [2.24, 2.45) is 0 Å². The second kappa shape index (κ2) is 1.14. The summed E-state index contributed by atoms with van der Waals surface area (Å²) in [4.78, 5) is 2.87. The molecule has 0 atom stereocenters. The largest absolute Gasteiger partial charge is 0.363 e. The van der Waals surface area contributed by atoms with E-state index in [9.17, 15) is 0 Å². The summed E-state index contributed by atoms with van der Waals surface area (Å²) in [6.45, 7) is 0. The first-order valence-corrected chi connectivity index (χ1v) is 1.84. The van der Waals surface area contributed by atoms with Crippen LogP contribution in [0.2, 0.25) is 0 Å². The van der Waals surface area contributed by atoms with Crippen LogP contribution >= 0.6 is 0 Å². The highest BCUT2D eigenvalue weighted by Crippen LogP contribution is 1.89. The van der Waals surface area contributed by atoms with Crippen LogP contribution in [0.15, 0.2) is 18.5 Å². The standard InChI is InChI=1S/C4H6N2/c5-4-1-2-6-3-4/h1-3,6H,5H2/p+1. The lowest BCUT2D eigenvalue weighted by Gasteiger charge is -1.62. The van der Waals surface area contributed by atoms with Gasteiger partial charge in [-0.25, -0.2) is 0 Å². The molecule has 0 aliphatic carbocycles. The van der Waals surface area contributed by atoms with Gasteiger partial charge >= 0.3 is 0 Å². The fraction of sp³-hybridized carbons (Fsp3) is 0. The molecule has 0 amide bonds. The minimum Gasteiger partial charge on any atom is -0.363 e. The molecule has 1 aromatic heterocycles. The zero-order valence-corrected chi connectivity index (χ0v) is 3.44. The van der Waals surface area contributed by atoms with Gasteiger partial charge in [0.05, 0.1) is 6.20 Å². The first kappa shape index (κ1) is 3.43. The lowest BCUT2D eigenvalue weighted by molar-refractivity contribution is -0.254. The fourth-order valence-corrected chi connectivity index (χ4v) is 0.358. The van der Waals surface area contributed by atoms with E-state index in [1.54, 1.807) is 0 Å². The summed E-state index contributed by atoms with van der Waals surface area (Å²) in [5, 5.41) is 0. The Hall–Kier alpha value is -0.760. The topological polar surface area (TPSA) is 43.4 Å². The van der Waals surface area contributed by atoms with Gasteiger partial charge in [0.1, 0.15) is 5.69 Å². The molecule has 1 aromatic rings. The maximum absolute atomic E-state index is 3.65. The Morgan fingerprint density at radius 2 is 2.50 bits per heavy atom. The van der Waals surface area contributed by atoms with Gasteiger partial charge in [-0.05, 0) is 0 Å². The van der Waals surface area contributed by atoms with E-state index < -0.39 is 0 Å². The first-order chi connectivity index (χ1) is 2.89. The zero-order valence-electron chi connectivity index (χ0n) is 3.44. The monoisotopic (exact) mass is 83.1 g/mol. The van der Waals surface area contributed by atoms with E-state index in [4.69, 9.17) is 0 Å². The molecule has 1 heterocycles. The highest BCUT2D eigenvalue weighted by molar-refractivity contribution is 5.21. The molecule has 0 bridgehead atoms. The summed E-state index contributed by atoms with van der Waals surface area (Å²) in [6.07, 6.45) is 3.70. The molecular formula is C4H7N2+. The molecule has 0 spiro atoms.